The Morgan fingerprint density at radius 2 is 2.20 bits per heavy atom. The van der Waals surface area contributed by atoms with Gasteiger partial charge in [0.25, 0.3) is 0 Å². The summed E-state index contributed by atoms with van der Waals surface area (Å²) in [6, 6.07) is -0.412. The van der Waals surface area contributed by atoms with E-state index in [4.69, 9.17) is 10.5 Å². The number of aliphatic hydroxyl groups is 3. The van der Waals surface area contributed by atoms with Crippen LogP contribution in [0.1, 0.15) is 12.8 Å². The fourth-order valence-electron chi connectivity index (χ4n) is 2.20. The third kappa shape index (κ3) is 3.23. The number of halogens is 1. The standard InChI is InChI=1S/C11H18IN3O5/c12-5-3-15(11(19)14-10(5)13)8-2-1-6(17)9(18)7(4-16)20-8/h3,6-10,16-18H,1-2,4,13H2,(H,14,19)/t6-,7+,8?,9-,10?/m0/s1. The normalized spacial score (nSPS) is 39.0. The minimum atomic E-state index is -1.18. The Balaban J connectivity index is 2.17. The number of ether oxygens (including phenoxy) is 1. The first kappa shape index (κ1) is 15.9. The zero-order valence-electron chi connectivity index (χ0n) is 10.6. The smallest absolute Gasteiger partial charge is 0.325 e. The van der Waals surface area contributed by atoms with Crippen molar-refractivity contribution in [2.24, 2.45) is 5.73 Å². The van der Waals surface area contributed by atoms with Gasteiger partial charge in [0.05, 0.1) is 12.7 Å². The maximum absolute atomic E-state index is 11.9. The summed E-state index contributed by atoms with van der Waals surface area (Å²) in [5.74, 6) is 0. The molecule has 0 spiro atoms. The molecule has 1 fully saturated rings. The molecule has 2 rings (SSSR count). The van der Waals surface area contributed by atoms with E-state index in [1.165, 1.54) is 4.90 Å². The summed E-state index contributed by atoms with van der Waals surface area (Å²) in [6.07, 6.45) is -2.13. The second-order valence-electron chi connectivity index (χ2n) is 4.80. The lowest BCUT2D eigenvalue weighted by atomic mass is 10.1. The number of nitrogens with one attached hydrogen (secondary N) is 1. The first-order valence-electron chi connectivity index (χ1n) is 6.28. The SMILES string of the molecule is NC1NC(=O)N(C2CC[C@H](O)[C@H](O)[C@@H](CO)O2)C=C1I. The van der Waals surface area contributed by atoms with Gasteiger partial charge in [-0.1, -0.05) is 0 Å². The van der Waals surface area contributed by atoms with Gasteiger partial charge < -0.3 is 31.1 Å². The van der Waals surface area contributed by atoms with Crippen LogP contribution >= 0.6 is 22.6 Å². The highest BCUT2D eigenvalue weighted by Crippen LogP contribution is 2.25. The summed E-state index contributed by atoms with van der Waals surface area (Å²) in [7, 11) is 0. The van der Waals surface area contributed by atoms with E-state index >= 15 is 0 Å². The van der Waals surface area contributed by atoms with Crippen LogP contribution in [-0.2, 0) is 4.74 Å². The van der Waals surface area contributed by atoms with E-state index in [2.05, 4.69) is 5.32 Å². The van der Waals surface area contributed by atoms with Gasteiger partial charge in [-0.05, 0) is 35.4 Å². The van der Waals surface area contributed by atoms with Crippen molar-refractivity contribution < 1.29 is 24.9 Å². The maximum Gasteiger partial charge on any atom is 0.325 e. The van der Waals surface area contributed by atoms with Crippen molar-refractivity contribution in [1.82, 2.24) is 10.2 Å². The van der Waals surface area contributed by atoms with Gasteiger partial charge in [0.15, 0.2) is 0 Å². The minimum absolute atomic E-state index is 0.266. The second-order valence-corrected chi connectivity index (χ2v) is 6.04. The molecule has 2 aliphatic heterocycles. The van der Waals surface area contributed by atoms with Gasteiger partial charge in [0.1, 0.15) is 24.6 Å². The summed E-state index contributed by atoms with van der Waals surface area (Å²) in [4.78, 5) is 13.3. The molecule has 114 valence electrons. The van der Waals surface area contributed by atoms with Crippen LogP contribution in [0, 0.1) is 0 Å². The van der Waals surface area contributed by atoms with Crippen molar-refractivity contribution >= 4 is 28.6 Å². The molecule has 0 bridgehead atoms. The lowest BCUT2D eigenvalue weighted by molar-refractivity contribution is -0.133. The van der Waals surface area contributed by atoms with Gasteiger partial charge in [-0.25, -0.2) is 4.79 Å². The summed E-state index contributed by atoms with van der Waals surface area (Å²) in [5.41, 5.74) is 5.69. The van der Waals surface area contributed by atoms with Crippen LogP contribution in [0.25, 0.3) is 0 Å². The van der Waals surface area contributed by atoms with Gasteiger partial charge >= 0.3 is 6.03 Å². The highest BCUT2D eigenvalue weighted by molar-refractivity contribution is 14.1. The number of carbonyl (C=O) groups is 1. The molecule has 0 radical (unpaired) electrons. The molecule has 0 aromatic rings. The topological polar surface area (TPSA) is 128 Å². The minimum Gasteiger partial charge on any atom is -0.394 e. The van der Waals surface area contributed by atoms with Crippen molar-refractivity contribution in [3.05, 3.63) is 9.78 Å². The molecule has 9 heteroatoms. The fraction of sp³-hybridized carbons (Fsp3) is 0.727. The summed E-state index contributed by atoms with van der Waals surface area (Å²) < 4.78 is 6.29. The molecule has 2 aliphatic rings. The first-order chi connectivity index (χ1) is 9.43. The summed E-state index contributed by atoms with van der Waals surface area (Å²) in [5, 5.41) is 31.3. The third-order valence-corrected chi connectivity index (χ3v) is 4.33. The molecule has 0 aliphatic carbocycles. The number of hydrogen-bond donors (Lipinski definition) is 5. The van der Waals surface area contributed by atoms with E-state index in [-0.39, 0.29) is 6.42 Å². The number of urea groups is 1. The van der Waals surface area contributed by atoms with Crippen LogP contribution in [0.5, 0.6) is 0 Å². The van der Waals surface area contributed by atoms with Gasteiger partial charge in [-0.15, -0.1) is 0 Å². The predicted octanol–water partition coefficient (Wildman–Crippen LogP) is -1.21. The number of hydrogen-bond acceptors (Lipinski definition) is 6. The molecule has 5 atom stereocenters. The van der Waals surface area contributed by atoms with E-state index in [9.17, 15) is 20.1 Å². The van der Waals surface area contributed by atoms with Crippen LogP contribution in [0.15, 0.2) is 9.78 Å². The van der Waals surface area contributed by atoms with Crippen molar-refractivity contribution in [2.75, 3.05) is 6.61 Å². The monoisotopic (exact) mass is 399 g/mol. The molecule has 0 saturated carbocycles. The number of aliphatic hydroxyl groups excluding tert-OH is 3. The number of nitrogens with zero attached hydrogens (tertiary/aromatic N) is 1. The average molecular weight is 399 g/mol. The number of nitrogens with two attached hydrogens (primary N) is 1. The molecule has 2 unspecified atom stereocenters. The van der Waals surface area contributed by atoms with Gasteiger partial charge in [0.2, 0.25) is 0 Å². The molecule has 2 amide bonds. The molecule has 1 saturated heterocycles. The highest BCUT2D eigenvalue weighted by atomic mass is 127. The van der Waals surface area contributed by atoms with Crippen LogP contribution in [0.2, 0.25) is 0 Å². The molecule has 0 aromatic carbocycles. The second kappa shape index (κ2) is 6.54. The predicted molar refractivity (Wildman–Crippen MR) is 77.4 cm³/mol. The van der Waals surface area contributed by atoms with Crippen LogP contribution in [-0.4, -0.2) is 63.6 Å². The molecule has 8 nitrogen and oxygen atoms in total. The number of carbonyl (C=O) groups excluding carboxylic acids is 1. The van der Waals surface area contributed by atoms with E-state index in [1.807, 2.05) is 22.6 Å². The molecule has 20 heavy (non-hydrogen) atoms. The quantitative estimate of drug-likeness (QED) is 0.371. The number of amides is 2. The van der Waals surface area contributed by atoms with Gasteiger partial charge in [-0.2, -0.15) is 0 Å². The van der Waals surface area contributed by atoms with E-state index < -0.39 is 43.3 Å². The third-order valence-electron chi connectivity index (χ3n) is 3.38. The summed E-state index contributed by atoms with van der Waals surface area (Å²) >= 11 is 2.01. The Bertz CT molecular complexity index is 408. The molecular formula is C11H18IN3O5. The van der Waals surface area contributed by atoms with E-state index in [0.717, 1.165) is 3.58 Å². The largest absolute Gasteiger partial charge is 0.394 e. The van der Waals surface area contributed by atoms with Crippen molar-refractivity contribution in [2.45, 2.75) is 43.5 Å². The molecule has 2 heterocycles. The van der Waals surface area contributed by atoms with E-state index in [0.29, 0.717) is 6.42 Å². The van der Waals surface area contributed by atoms with Gasteiger partial charge in [-0.3, -0.25) is 4.90 Å². The Morgan fingerprint density at radius 1 is 1.50 bits per heavy atom. The Kier molecular flexibility index (Phi) is 5.20. The Morgan fingerprint density at radius 3 is 2.85 bits per heavy atom. The maximum atomic E-state index is 11.9. The zero-order valence-corrected chi connectivity index (χ0v) is 12.8. The number of rotatable bonds is 2. The Labute approximate surface area is 129 Å². The molecule has 6 N–H and O–H groups in total. The van der Waals surface area contributed by atoms with Crippen molar-refractivity contribution in [1.29, 1.82) is 0 Å². The van der Waals surface area contributed by atoms with Crippen LogP contribution in [0.4, 0.5) is 4.79 Å². The summed E-state index contributed by atoms with van der Waals surface area (Å²) in [6.45, 7) is -0.440. The van der Waals surface area contributed by atoms with Crippen LogP contribution < -0.4 is 11.1 Å². The fourth-order valence-corrected chi connectivity index (χ4v) is 2.66. The first-order valence-corrected chi connectivity index (χ1v) is 7.36. The highest BCUT2D eigenvalue weighted by Gasteiger charge is 2.37. The lowest BCUT2D eigenvalue weighted by Gasteiger charge is -2.34. The van der Waals surface area contributed by atoms with E-state index in [1.54, 1.807) is 6.20 Å². The molecular weight excluding hydrogens is 381 g/mol. The van der Waals surface area contributed by atoms with Crippen molar-refractivity contribution in [3.8, 4) is 0 Å². The average Bonchev–Trinajstić information content (AvgIpc) is 2.55. The van der Waals surface area contributed by atoms with Crippen LogP contribution in [0.3, 0.4) is 0 Å². The molecule has 0 aromatic heterocycles. The zero-order chi connectivity index (χ0) is 14.9. The van der Waals surface area contributed by atoms with Crippen molar-refractivity contribution in [3.63, 3.8) is 0 Å². The Hall–Kier alpha value is -0.460. The van der Waals surface area contributed by atoms with Gasteiger partial charge in [0, 0.05) is 9.78 Å². The lowest BCUT2D eigenvalue weighted by Crippen LogP contribution is -2.55.